The summed E-state index contributed by atoms with van der Waals surface area (Å²) in [6.45, 7) is 3.27. The van der Waals surface area contributed by atoms with Gasteiger partial charge < -0.3 is 4.55 Å². The van der Waals surface area contributed by atoms with Gasteiger partial charge in [-0.3, -0.25) is 0 Å². The molecule has 0 amide bonds. The highest BCUT2D eigenvalue weighted by molar-refractivity contribution is 7.85. The van der Waals surface area contributed by atoms with Gasteiger partial charge in [0.1, 0.15) is 6.54 Å². The van der Waals surface area contributed by atoms with Crippen molar-refractivity contribution in [3.8, 4) is 0 Å². The van der Waals surface area contributed by atoms with Gasteiger partial charge in [0.05, 0.1) is 10.1 Å². The molecule has 0 aliphatic heterocycles. The maximum atomic E-state index is 10.7. The molecule has 0 aromatic carbocycles. The van der Waals surface area contributed by atoms with Crippen LogP contribution < -0.4 is 4.57 Å². The van der Waals surface area contributed by atoms with Crippen molar-refractivity contribution in [2.45, 2.75) is 110 Å². The summed E-state index contributed by atoms with van der Waals surface area (Å²) in [5, 5.41) is 0. The van der Waals surface area contributed by atoms with Crippen molar-refractivity contribution in [2.75, 3.05) is 5.75 Å². The van der Waals surface area contributed by atoms with Crippen LogP contribution in [0, 0.1) is 0 Å². The topological polar surface area (TPSA) is 61.1 Å². The lowest BCUT2D eigenvalue weighted by Crippen LogP contribution is -2.32. The molecule has 1 aromatic heterocycles. The molecule has 162 valence electrons. The molecule has 5 heteroatoms. The Morgan fingerprint density at radius 2 is 1.18 bits per heavy atom. The smallest absolute Gasteiger partial charge is 0.169 e. The van der Waals surface area contributed by atoms with Crippen molar-refractivity contribution >= 4 is 10.1 Å². The highest BCUT2D eigenvalue weighted by atomic mass is 32.2. The van der Waals surface area contributed by atoms with Gasteiger partial charge in [-0.15, -0.1) is 0 Å². The number of unbranched alkanes of at least 4 members (excludes halogenated alkanes) is 13. The first-order chi connectivity index (χ1) is 13.5. The molecule has 0 saturated heterocycles. The van der Waals surface area contributed by atoms with Gasteiger partial charge >= 0.3 is 0 Å². The van der Waals surface area contributed by atoms with E-state index in [9.17, 15) is 13.0 Å². The highest BCUT2D eigenvalue weighted by Crippen LogP contribution is 2.12. The third kappa shape index (κ3) is 15.0. The zero-order valence-corrected chi connectivity index (χ0v) is 18.7. The third-order valence-electron chi connectivity index (χ3n) is 5.37. The van der Waals surface area contributed by atoms with Crippen molar-refractivity contribution in [1.29, 1.82) is 0 Å². The van der Waals surface area contributed by atoms with Crippen LogP contribution in [0.15, 0.2) is 24.5 Å². The van der Waals surface area contributed by atoms with Crippen molar-refractivity contribution in [2.24, 2.45) is 0 Å². The minimum Gasteiger partial charge on any atom is -0.748 e. The number of aromatic nitrogens is 1. The van der Waals surface area contributed by atoms with Crippen LogP contribution >= 0.6 is 0 Å². The number of pyridine rings is 1. The molecule has 0 atom stereocenters. The molecular formula is C23H41NO3S. The van der Waals surface area contributed by atoms with Gasteiger partial charge in [0.25, 0.3) is 0 Å². The molecule has 28 heavy (non-hydrogen) atoms. The Morgan fingerprint density at radius 1 is 0.750 bits per heavy atom. The molecule has 1 rings (SSSR count). The van der Waals surface area contributed by atoms with E-state index in [1.807, 2.05) is 24.5 Å². The summed E-state index contributed by atoms with van der Waals surface area (Å²) in [6, 6.07) is 3.82. The van der Waals surface area contributed by atoms with Gasteiger partial charge in [0.2, 0.25) is 0 Å². The van der Waals surface area contributed by atoms with Crippen LogP contribution in [0.5, 0.6) is 0 Å². The summed E-state index contributed by atoms with van der Waals surface area (Å²) < 4.78 is 34.1. The highest BCUT2D eigenvalue weighted by Gasteiger charge is 2.03. The van der Waals surface area contributed by atoms with Crippen LogP contribution in [-0.2, 0) is 23.1 Å². The normalized spacial score (nSPS) is 11.8. The van der Waals surface area contributed by atoms with Crippen LogP contribution in [0.4, 0.5) is 0 Å². The molecule has 0 unspecified atom stereocenters. The fourth-order valence-electron chi connectivity index (χ4n) is 3.54. The molecule has 0 spiro atoms. The fourth-order valence-corrected chi connectivity index (χ4v) is 4.02. The summed E-state index contributed by atoms with van der Waals surface area (Å²) >= 11 is 0. The lowest BCUT2D eigenvalue weighted by Gasteiger charge is -2.06. The zero-order chi connectivity index (χ0) is 20.5. The van der Waals surface area contributed by atoms with Crippen molar-refractivity contribution < 1.29 is 17.5 Å². The van der Waals surface area contributed by atoms with Gasteiger partial charge in [0, 0.05) is 24.3 Å². The SMILES string of the molecule is CCCCCCCCCCCCCCCC[n+]1ccc(CCS(=O)(=O)[O-])cc1. The second kappa shape index (κ2) is 15.9. The molecular weight excluding hydrogens is 370 g/mol. The van der Waals surface area contributed by atoms with E-state index in [1.54, 1.807) is 0 Å². The van der Waals surface area contributed by atoms with Crippen LogP contribution in [0.3, 0.4) is 0 Å². The molecule has 0 saturated carbocycles. The number of hydrogen-bond donors (Lipinski definition) is 0. The second-order valence-corrected chi connectivity index (χ2v) is 9.58. The Hall–Kier alpha value is -0.940. The lowest BCUT2D eigenvalue weighted by molar-refractivity contribution is -0.697. The summed E-state index contributed by atoms with van der Waals surface area (Å²) in [5.41, 5.74) is 0.900. The van der Waals surface area contributed by atoms with Crippen LogP contribution in [0.25, 0.3) is 0 Å². The van der Waals surface area contributed by atoms with E-state index in [1.165, 1.54) is 89.9 Å². The van der Waals surface area contributed by atoms with E-state index in [2.05, 4.69) is 11.5 Å². The minimum absolute atomic E-state index is 0.297. The van der Waals surface area contributed by atoms with Crippen molar-refractivity contribution in [3.63, 3.8) is 0 Å². The fraction of sp³-hybridized carbons (Fsp3) is 0.783. The average Bonchev–Trinajstić information content (AvgIpc) is 2.67. The molecule has 0 radical (unpaired) electrons. The molecule has 1 aromatic rings. The number of hydrogen-bond acceptors (Lipinski definition) is 3. The first-order valence-electron chi connectivity index (χ1n) is 11.4. The molecule has 0 aliphatic rings. The van der Waals surface area contributed by atoms with E-state index in [4.69, 9.17) is 0 Å². The summed E-state index contributed by atoms with van der Waals surface area (Å²) in [5.74, 6) is -0.323. The van der Waals surface area contributed by atoms with Gasteiger partial charge in [-0.1, -0.05) is 84.0 Å². The largest absolute Gasteiger partial charge is 0.748 e. The standard InChI is InChI=1S/C23H41NO3S/c1-2-3-4-5-6-7-8-9-10-11-12-13-14-15-19-24-20-16-23(17-21-24)18-22-28(25,26)27/h16-17,20-21H,2-15,18-19,22H2,1H3. The third-order valence-corrected chi connectivity index (χ3v) is 6.07. The molecule has 0 N–H and O–H groups in total. The van der Waals surface area contributed by atoms with Gasteiger partial charge in [-0.2, -0.15) is 0 Å². The van der Waals surface area contributed by atoms with Crippen molar-refractivity contribution in [3.05, 3.63) is 30.1 Å². The Balaban J connectivity index is 1.92. The maximum Gasteiger partial charge on any atom is 0.169 e. The first-order valence-corrected chi connectivity index (χ1v) is 13.0. The molecule has 4 nitrogen and oxygen atoms in total. The Bertz CT molecular complexity index is 584. The first kappa shape index (κ1) is 25.1. The monoisotopic (exact) mass is 411 g/mol. The van der Waals surface area contributed by atoms with Gasteiger partial charge in [-0.25, -0.2) is 13.0 Å². The predicted molar refractivity (Wildman–Crippen MR) is 115 cm³/mol. The van der Waals surface area contributed by atoms with E-state index < -0.39 is 10.1 Å². The summed E-state index contributed by atoms with van der Waals surface area (Å²) in [4.78, 5) is 0. The van der Waals surface area contributed by atoms with Crippen LogP contribution in [-0.4, -0.2) is 18.7 Å². The zero-order valence-electron chi connectivity index (χ0n) is 17.9. The number of rotatable bonds is 18. The van der Waals surface area contributed by atoms with Crippen LogP contribution in [0.2, 0.25) is 0 Å². The van der Waals surface area contributed by atoms with Gasteiger partial charge in [0.15, 0.2) is 12.4 Å². The van der Waals surface area contributed by atoms with E-state index >= 15 is 0 Å². The number of nitrogens with zero attached hydrogens (tertiary/aromatic N) is 1. The molecule has 0 bridgehead atoms. The quantitative estimate of drug-likeness (QED) is 0.181. The molecule has 1 heterocycles. The maximum absolute atomic E-state index is 10.7. The Labute approximate surface area is 173 Å². The second-order valence-electron chi connectivity index (χ2n) is 8.05. The van der Waals surface area contributed by atoms with E-state index in [0.717, 1.165) is 12.1 Å². The van der Waals surface area contributed by atoms with Gasteiger partial charge in [-0.05, 0) is 18.4 Å². The minimum atomic E-state index is -4.13. The van der Waals surface area contributed by atoms with E-state index in [0.29, 0.717) is 6.42 Å². The molecule has 0 aliphatic carbocycles. The summed E-state index contributed by atoms with van der Waals surface area (Å²) in [7, 11) is -4.13. The molecule has 0 fully saturated rings. The predicted octanol–water partition coefficient (Wildman–Crippen LogP) is 5.54. The van der Waals surface area contributed by atoms with E-state index in [-0.39, 0.29) is 5.75 Å². The van der Waals surface area contributed by atoms with Crippen LogP contribution in [0.1, 0.15) is 102 Å². The number of aryl methyl sites for hydroxylation is 2. The van der Waals surface area contributed by atoms with Crippen molar-refractivity contribution in [1.82, 2.24) is 0 Å². The Morgan fingerprint density at radius 3 is 1.61 bits per heavy atom. The Kier molecular flexibility index (Phi) is 14.3. The average molecular weight is 412 g/mol. The lowest BCUT2D eigenvalue weighted by atomic mass is 10.0. The summed E-state index contributed by atoms with van der Waals surface area (Å²) in [6.07, 6.45) is 23.4.